The molecule has 0 heterocycles. The summed E-state index contributed by atoms with van der Waals surface area (Å²) < 4.78 is 32.8. The van der Waals surface area contributed by atoms with Gasteiger partial charge in [0.1, 0.15) is 23.0 Å². The monoisotopic (exact) mass is 638 g/mol. The Morgan fingerprint density at radius 1 is 0.660 bits per heavy atom. The second-order valence-electron chi connectivity index (χ2n) is 10.1. The SMILES string of the molecule is C=CCOCCCOc1ccc(C(O)Oc2ccc(-c3ccc(OC(=O)c4ccc(OCCCOC(=O)C=C)cc4)cc3)cc2)cc1. The molecule has 0 aliphatic carbocycles. The molecule has 47 heavy (non-hydrogen) atoms. The Morgan fingerprint density at radius 2 is 1.19 bits per heavy atom. The topological polar surface area (TPSA) is 110 Å². The van der Waals surface area contributed by atoms with E-state index >= 15 is 0 Å². The molecule has 0 bridgehead atoms. The number of ether oxygens (including phenoxy) is 6. The maximum atomic E-state index is 12.6. The maximum absolute atomic E-state index is 12.6. The normalized spacial score (nSPS) is 11.2. The van der Waals surface area contributed by atoms with Gasteiger partial charge in [0.05, 0.1) is 38.6 Å². The third kappa shape index (κ3) is 11.5. The Labute approximate surface area is 274 Å². The van der Waals surface area contributed by atoms with Gasteiger partial charge in [-0.1, -0.05) is 36.9 Å². The van der Waals surface area contributed by atoms with Gasteiger partial charge in [-0.3, -0.25) is 0 Å². The zero-order valence-electron chi connectivity index (χ0n) is 26.0. The molecule has 0 saturated carbocycles. The summed E-state index contributed by atoms with van der Waals surface area (Å²) in [4.78, 5) is 23.7. The summed E-state index contributed by atoms with van der Waals surface area (Å²) in [6.45, 7) is 9.21. The summed E-state index contributed by atoms with van der Waals surface area (Å²) in [6, 6.07) is 28.2. The van der Waals surface area contributed by atoms with Crippen molar-refractivity contribution in [3.05, 3.63) is 133 Å². The molecular weight excluding hydrogens is 600 g/mol. The van der Waals surface area contributed by atoms with Crippen molar-refractivity contribution < 1.29 is 43.1 Å². The predicted octanol–water partition coefficient (Wildman–Crippen LogP) is 7.11. The van der Waals surface area contributed by atoms with E-state index < -0.39 is 18.2 Å². The third-order valence-corrected chi connectivity index (χ3v) is 6.66. The highest BCUT2D eigenvalue weighted by atomic mass is 16.6. The van der Waals surface area contributed by atoms with E-state index in [9.17, 15) is 14.7 Å². The zero-order chi connectivity index (χ0) is 33.3. The number of hydrogen-bond donors (Lipinski definition) is 1. The first-order valence-electron chi connectivity index (χ1n) is 15.2. The van der Waals surface area contributed by atoms with Gasteiger partial charge in [0.25, 0.3) is 0 Å². The van der Waals surface area contributed by atoms with E-state index in [4.69, 9.17) is 28.4 Å². The molecule has 1 atom stereocenters. The number of benzene rings is 4. The van der Waals surface area contributed by atoms with E-state index in [-0.39, 0.29) is 6.61 Å². The van der Waals surface area contributed by atoms with E-state index in [1.807, 2.05) is 24.3 Å². The van der Waals surface area contributed by atoms with Gasteiger partial charge >= 0.3 is 11.9 Å². The van der Waals surface area contributed by atoms with Crippen LogP contribution in [0.5, 0.6) is 23.0 Å². The maximum Gasteiger partial charge on any atom is 0.343 e. The van der Waals surface area contributed by atoms with E-state index in [1.54, 1.807) is 78.9 Å². The minimum absolute atomic E-state index is 0.236. The molecule has 0 fully saturated rings. The fourth-order valence-corrected chi connectivity index (χ4v) is 4.22. The van der Waals surface area contributed by atoms with Crippen LogP contribution >= 0.6 is 0 Å². The molecule has 4 rings (SSSR count). The lowest BCUT2D eigenvalue weighted by Gasteiger charge is -2.15. The molecule has 0 aliphatic rings. The summed E-state index contributed by atoms with van der Waals surface area (Å²) in [7, 11) is 0. The zero-order valence-corrected chi connectivity index (χ0v) is 26.0. The van der Waals surface area contributed by atoms with Crippen LogP contribution in [0.15, 0.2) is 122 Å². The fourth-order valence-electron chi connectivity index (χ4n) is 4.22. The quantitative estimate of drug-likeness (QED) is 0.0287. The summed E-state index contributed by atoms with van der Waals surface area (Å²) in [6.07, 6.45) is 2.98. The molecule has 0 spiro atoms. The van der Waals surface area contributed by atoms with Crippen molar-refractivity contribution in [2.24, 2.45) is 0 Å². The first-order chi connectivity index (χ1) is 22.9. The average Bonchev–Trinajstić information content (AvgIpc) is 3.10. The van der Waals surface area contributed by atoms with Crippen molar-refractivity contribution in [3.63, 3.8) is 0 Å². The van der Waals surface area contributed by atoms with Crippen molar-refractivity contribution in [3.8, 4) is 34.1 Å². The van der Waals surface area contributed by atoms with Crippen LogP contribution in [0.3, 0.4) is 0 Å². The van der Waals surface area contributed by atoms with Gasteiger partial charge in [0.2, 0.25) is 6.29 Å². The lowest BCUT2D eigenvalue weighted by Crippen LogP contribution is -2.09. The summed E-state index contributed by atoms with van der Waals surface area (Å²) in [5.74, 6) is 1.25. The van der Waals surface area contributed by atoms with E-state index in [0.717, 1.165) is 23.6 Å². The van der Waals surface area contributed by atoms with Gasteiger partial charge in [-0.25, -0.2) is 9.59 Å². The molecule has 4 aromatic rings. The van der Waals surface area contributed by atoms with Crippen LogP contribution in [-0.2, 0) is 14.3 Å². The second-order valence-corrected chi connectivity index (χ2v) is 10.1. The number of hydrogen-bond acceptors (Lipinski definition) is 9. The van der Waals surface area contributed by atoms with Crippen LogP contribution in [0, 0.1) is 0 Å². The number of esters is 2. The first-order valence-corrected chi connectivity index (χ1v) is 15.2. The first kappa shape index (κ1) is 34.5. The average molecular weight is 639 g/mol. The molecule has 1 unspecified atom stereocenters. The predicted molar refractivity (Wildman–Crippen MR) is 178 cm³/mol. The van der Waals surface area contributed by atoms with Gasteiger partial charge < -0.3 is 33.5 Å². The minimum Gasteiger partial charge on any atom is -0.494 e. The van der Waals surface area contributed by atoms with Crippen molar-refractivity contribution >= 4 is 11.9 Å². The third-order valence-electron chi connectivity index (χ3n) is 6.66. The number of carbonyl (C=O) groups is 2. The van der Waals surface area contributed by atoms with Crippen molar-refractivity contribution in [1.82, 2.24) is 0 Å². The lowest BCUT2D eigenvalue weighted by atomic mass is 10.1. The lowest BCUT2D eigenvalue weighted by molar-refractivity contribution is -0.137. The van der Waals surface area contributed by atoms with Gasteiger partial charge in [-0.05, 0) is 83.9 Å². The summed E-state index contributed by atoms with van der Waals surface area (Å²) in [5.41, 5.74) is 2.83. The van der Waals surface area contributed by atoms with E-state index in [1.165, 1.54) is 0 Å². The molecule has 1 N–H and O–H groups in total. The Kier molecular flexibility index (Phi) is 13.6. The molecule has 9 nitrogen and oxygen atoms in total. The van der Waals surface area contributed by atoms with Crippen molar-refractivity contribution in [1.29, 1.82) is 0 Å². The highest BCUT2D eigenvalue weighted by molar-refractivity contribution is 5.91. The minimum atomic E-state index is -1.14. The molecule has 0 radical (unpaired) electrons. The smallest absolute Gasteiger partial charge is 0.343 e. The van der Waals surface area contributed by atoms with Crippen molar-refractivity contribution in [2.45, 2.75) is 19.1 Å². The Morgan fingerprint density at radius 3 is 1.77 bits per heavy atom. The second kappa shape index (κ2) is 18.6. The van der Waals surface area contributed by atoms with Crippen LogP contribution in [-0.4, -0.2) is 50.1 Å². The van der Waals surface area contributed by atoms with E-state index in [0.29, 0.717) is 67.0 Å². The van der Waals surface area contributed by atoms with Crippen molar-refractivity contribution in [2.75, 3.05) is 33.0 Å². The largest absolute Gasteiger partial charge is 0.494 e. The molecule has 0 amide bonds. The van der Waals surface area contributed by atoms with Crippen LogP contribution in [0.4, 0.5) is 0 Å². The molecule has 9 heteroatoms. The van der Waals surface area contributed by atoms with Crippen LogP contribution in [0.1, 0.15) is 35.1 Å². The van der Waals surface area contributed by atoms with E-state index in [2.05, 4.69) is 13.2 Å². The van der Waals surface area contributed by atoms with Crippen LogP contribution in [0.2, 0.25) is 0 Å². The molecular formula is C38H38O9. The Balaban J connectivity index is 1.21. The van der Waals surface area contributed by atoms with Gasteiger partial charge in [0, 0.05) is 24.5 Å². The fraction of sp³-hybridized carbons (Fsp3) is 0.211. The molecule has 0 aromatic heterocycles. The number of carbonyl (C=O) groups excluding carboxylic acids is 2. The van der Waals surface area contributed by atoms with Gasteiger partial charge in [-0.15, -0.1) is 6.58 Å². The standard InChI is InChI=1S/C38H38O9/c1-3-23-42-24-5-25-43-32-15-11-30(12-16-32)37(40)46-34-19-7-28(8-20-34)29-9-21-35(22-10-29)47-38(41)31-13-17-33(18-14-31)44-26-6-27-45-36(39)4-2/h3-4,7-22,37,40H,1-2,5-6,23-27H2. The summed E-state index contributed by atoms with van der Waals surface area (Å²) >= 11 is 0. The molecule has 0 aliphatic heterocycles. The molecule has 4 aromatic carbocycles. The van der Waals surface area contributed by atoms with Gasteiger partial charge in [0.15, 0.2) is 0 Å². The Bertz CT molecular complexity index is 1560. The highest BCUT2D eigenvalue weighted by Crippen LogP contribution is 2.27. The van der Waals surface area contributed by atoms with Gasteiger partial charge in [-0.2, -0.15) is 0 Å². The summed E-state index contributed by atoms with van der Waals surface area (Å²) in [5, 5.41) is 10.6. The number of aliphatic hydroxyl groups is 1. The number of rotatable bonds is 19. The van der Waals surface area contributed by atoms with Crippen LogP contribution < -0.4 is 18.9 Å². The molecule has 0 saturated heterocycles. The van der Waals surface area contributed by atoms with Crippen LogP contribution in [0.25, 0.3) is 11.1 Å². The highest BCUT2D eigenvalue weighted by Gasteiger charge is 2.12. The number of aliphatic hydroxyl groups excluding tert-OH is 1. The molecule has 244 valence electrons. The Hall–Kier alpha value is -5.38.